The second-order valence-electron chi connectivity index (χ2n) is 9.72. The number of primary amides is 1. The average molecular weight is 566 g/mol. The first-order chi connectivity index (χ1) is 19.0. The summed E-state index contributed by atoms with van der Waals surface area (Å²) in [5, 5.41) is 21.5. The third-order valence-electron chi connectivity index (χ3n) is 6.54. The Hall–Kier alpha value is -4.22. The van der Waals surface area contributed by atoms with Crippen LogP contribution in [-0.4, -0.2) is 53.4 Å². The molecule has 0 saturated carbocycles. The molecule has 0 fully saturated rings. The highest BCUT2D eigenvalue weighted by Crippen LogP contribution is 2.27. The van der Waals surface area contributed by atoms with Gasteiger partial charge in [-0.1, -0.05) is 24.3 Å². The van der Waals surface area contributed by atoms with Crippen LogP contribution in [0, 0.1) is 13.8 Å². The Morgan fingerprint density at radius 1 is 0.950 bits per heavy atom. The van der Waals surface area contributed by atoms with Gasteiger partial charge in [0.15, 0.2) is 0 Å². The maximum Gasteiger partial charge on any atom is 0.243 e. The van der Waals surface area contributed by atoms with E-state index in [4.69, 9.17) is 11.5 Å². The first-order valence-electron chi connectivity index (χ1n) is 12.8. The van der Waals surface area contributed by atoms with Crippen LogP contribution in [0.15, 0.2) is 53.2 Å². The topological polar surface area (TPSA) is 177 Å². The van der Waals surface area contributed by atoms with Gasteiger partial charge in [0.1, 0.15) is 17.8 Å². The predicted octanol–water partition coefficient (Wildman–Crippen LogP) is 1.44. The lowest BCUT2D eigenvalue weighted by Gasteiger charge is -2.23. The van der Waals surface area contributed by atoms with Crippen LogP contribution in [0.25, 0.3) is 11.1 Å². The van der Waals surface area contributed by atoms with Gasteiger partial charge < -0.3 is 32.5 Å². The lowest BCUT2D eigenvalue weighted by Crippen LogP contribution is -2.56. The number of nitrogens with one attached hydrogen (secondary N) is 3. The van der Waals surface area contributed by atoms with E-state index < -0.39 is 41.8 Å². The van der Waals surface area contributed by atoms with E-state index in [0.29, 0.717) is 0 Å². The molecule has 0 aliphatic rings. The second kappa shape index (κ2) is 13.7. The van der Waals surface area contributed by atoms with Crippen LogP contribution in [-0.2, 0) is 32.0 Å². The Labute approximate surface area is 237 Å². The van der Waals surface area contributed by atoms with Crippen LogP contribution >= 0.6 is 11.3 Å². The van der Waals surface area contributed by atoms with Crippen molar-refractivity contribution >= 4 is 35.0 Å². The highest BCUT2D eigenvalue weighted by atomic mass is 32.1. The molecule has 3 aromatic rings. The summed E-state index contributed by atoms with van der Waals surface area (Å²) in [7, 11) is 0. The quantitative estimate of drug-likeness (QED) is 0.194. The van der Waals surface area contributed by atoms with Gasteiger partial charge in [-0.25, -0.2) is 0 Å². The van der Waals surface area contributed by atoms with Crippen molar-refractivity contribution in [2.75, 3.05) is 6.54 Å². The van der Waals surface area contributed by atoms with Crippen LogP contribution < -0.4 is 27.4 Å². The zero-order valence-corrected chi connectivity index (χ0v) is 23.5. The normalized spacial score (nSPS) is 13.1. The highest BCUT2D eigenvalue weighted by molar-refractivity contribution is 7.08. The first-order valence-corrected chi connectivity index (χ1v) is 13.7. The summed E-state index contributed by atoms with van der Waals surface area (Å²) in [6, 6.07) is 9.71. The number of hydrogen-bond acceptors (Lipinski definition) is 7. The Morgan fingerprint density at radius 2 is 1.62 bits per heavy atom. The number of carbonyl (C=O) groups is 4. The summed E-state index contributed by atoms with van der Waals surface area (Å²) in [4.78, 5) is 50.1. The molecule has 10 nitrogen and oxygen atoms in total. The van der Waals surface area contributed by atoms with E-state index in [2.05, 4.69) is 16.0 Å². The largest absolute Gasteiger partial charge is 0.508 e. The van der Waals surface area contributed by atoms with Gasteiger partial charge in [0.25, 0.3) is 0 Å². The highest BCUT2D eigenvalue weighted by Gasteiger charge is 2.27. The van der Waals surface area contributed by atoms with E-state index in [1.165, 1.54) is 6.92 Å². The van der Waals surface area contributed by atoms with Crippen molar-refractivity contribution < 1.29 is 24.3 Å². The monoisotopic (exact) mass is 565 g/mol. The number of rotatable bonds is 12. The van der Waals surface area contributed by atoms with Crippen molar-refractivity contribution in [2.45, 2.75) is 51.7 Å². The SMILES string of the molecule is Cc1cc(O)cc(C)c1C[C@H](N)C(=O)N[C@H](C)C(=O)N[C@@H](Cc1ccccc1-c1ccsc1)C(=O)NCC(N)=O. The third-order valence-corrected chi connectivity index (χ3v) is 7.22. The molecule has 212 valence electrons. The van der Waals surface area contributed by atoms with E-state index in [9.17, 15) is 24.3 Å². The maximum atomic E-state index is 13.1. The molecule has 0 spiro atoms. The zero-order chi connectivity index (χ0) is 29.4. The molecule has 2 aromatic carbocycles. The van der Waals surface area contributed by atoms with Crippen molar-refractivity contribution in [3.8, 4) is 16.9 Å². The molecule has 0 saturated heterocycles. The minimum Gasteiger partial charge on any atom is -0.508 e. The summed E-state index contributed by atoms with van der Waals surface area (Å²) in [5.41, 5.74) is 16.5. The van der Waals surface area contributed by atoms with Gasteiger partial charge in [-0.2, -0.15) is 11.3 Å². The van der Waals surface area contributed by atoms with E-state index in [1.807, 2.05) is 54.9 Å². The van der Waals surface area contributed by atoms with Crippen molar-refractivity contribution in [3.05, 3.63) is 75.5 Å². The lowest BCUT2D eigenvalue weighted by molar-refractivity contribution is -0.132. The molecule has 40 heavy (non-hydrogen) atoms. The number of nitrogens with two attached hydrogens (primary N) is 2. The lowest BCUT2D eigenvalue weighted by atomic mass is 9.95. The summed E-state index contributed by atoms with van der Waals surface area (Å²) >= 11 is 1.54. The van der Waals surface area contributed by atoms with Crippen molar-refractivity contribution in [1.29, 1.82) is 0 Å². The van der Waals surface area contributed by atoms with Gasteiger partial charge in [-0.05, 0) is 89.5 Å². The smallest absolute Gasteiger partial charge is 0.243 e. The molecule has 0 aliphatic heterocycles. The number of phenols is 1. The standard InChI is InChI=1S/C29H35N5O5S/c1-16-10-21(35)11-17(2)23(16)13-24(30)28(38)33-18(3)27(37)34-25(29(39)32-14-26(31)36)12-19-6-4-5-7-22(19)20-8-9-40-15-20/h4-11,15,18,24-25,35H,12-14,30H2,1-3H3,(H2,31,36)(H,32,39)(H,33,38)(H,34,37)/t18-,24+,25+/m1/s1. The molecule has 0 bridgehead atoms. The Morgan fingerprint density at radius 3 is 2.25 bits per heavy atom. The van der Waals surface area contributed by atoms with Crippen LogP contribution in [0.4, 0.5) is 0 Å². The molecule has 11 heteroatoms. The van der Waals surface area contributed by atoms with Crippen LogP contribution in [0.3, 0.4) is 0 Å². The third kappa shape index (κ3) is 8.14. The Kier molecular flexibility index (Phi) is 10.4. The fourth-order valence-corrected chi connectivity index (χ4v) is 5.07. The molecule has 1 aromatic heterocycles. The molecular formula is C29H35N5O5S. The summed E-state index contributed by atoms with van der Waals surface area (Å²) in [5.74, 6) is -2.29. The fraction of sp³-hybridized carbons (Fsp3) is 0.310. The van der Waals surface area contributed by atoms with Gasteiger partial charge in [0.2, 0.25) is 23.6 Å². The molecule has 0 unspecified atom stereocenters. The van der Waals surface area contributed by atoms with Crippen molar-refractivity contribution in [2.24, 2.45) is 11.5 Å². The first kappa shape index (κ1) is 30.3. The van der Waals surface area contributed by atoms with Gasteiger partial charge in [0, 0.05) is 6.42 Å². The Balaban J connectivity index is 1.71. The maximum absolute atomic E-state index is 13.1. The number of benzene rings is 2. The fourth-order valence-electron chi connectivity index (χ4n) is 4.41. The molecule has 8 N–H and O–H groups in total. The van der Waals surface area contributed by atoms with Crippen LogP contribution in [0.5, 0.6) is 5.75 Å². The minimum atomic E-state index is -1.04. The van der Waals surface area contributed by atoms with E-state index in [1.54, 1.807) is 23.5 Å². The van der Waals surface area contributed by atoms with Gasteiger partial charge in [0.05, 0.1) is 12.6 Å². The number of amides is 4. The summed E-state index contributed by atoms with van der Waals surface area (Å²) < 4.78 is 0. The van der Waals surface area contributed by atoms with E-state index >= 15 is 0 Å². The minimum absolute atomic E-state index is 0.134. The van der Waals surface area contributed by atoms with Crippen molar-refractivity contribution in [3.63, 3.8) is 0 Å². The summed E-state index contributed by atoms with van der Waals surface area (Å²) in [6.07, 6.45) is 0.359. The molecule has 3 atom stereocenters. The van der Waals surface area contributed by atoms with Gasteiger partial charge >= 0.3 is 0 Å². The number of carbonyl (C=O) groups excluding carboxylic acids is 4. The van der Waals surface area contributed by atoms with Crippen molar-refractivity contribution in [1.82, 2.24) is 16.0 Å². The van der Waals surface area contributed by atoms with Crippen LogP contribution in [0.2, 0.25) is 0 Å². The van der Waals surface area contributed by atoms with Gasteiger partial charge in [-0.3, -0.25) is 19.2 Å². The zero-order valence-electron chi connectivity index (χ0n) is 22.7. The number of phenolic OH excluding ortho intramolecular Hbond substituents is 1. The number of thiophene rings is 1. The molecule has 0 radical (unpaired) electrons. The van der Waals surface area contributed by atoms with E-state index in [-0.39, 0.29) is 25.1 Å². The number of hydrogen-bond donors (Lipinski definition) is 6. The number of aryl methyl sites for hydroxylation is 2. The molecular weight excluding hydrogens is 530 g/mol. The molecule has 1 heterocycles. The second-order valence-corrected chi connectivity index (χ2v) is 10.5. The number of aromatic hydroxyl groups is 1. The average Bonchev–Trinajstić information content (AvgIpc) is 3.43. The molecule has 4 amide bonds. The van der Waals surface area contributed by atoms with Gasteiger partial charge in [-0.15, -0.1) is 0 Å². The molecule has 3 rings (SSSR count). The predicted molar refractivity (Wildman–Crippen MR) is 154 cm³/mol. The molecule has 0 aliphatic carbocycles. The van der Waals surface area contributed by atoms with E-state index in [0.717, 1.165) is 33.4 Å². The van der Waals surface area contributed by atoms with Crippen LogP contribution in [0.1, 0.15) is 29.2 Å². The Bertz CT molecular complexity index is 1350. The summed E-state index contributed by atoms with van der Waals surface area (Å²) in [6.45, 7) is 4.76.